The number of aryl methyl sites for hydroxylation is 3. The summed E-state index contributed by atoms with van der Waals surface area (Å²) in [6, 6.07) is 1.71. The molecule has 1 saturated carbocycles. The lowest BCUT2D eigenvalue weighted by Crippen LogP contribution is -2.44. The van der Waals surface area contributed by atoms with E-state index in [0.29, 0.717) is 29.5 Å². The molecular weight excluding hydrogens is 322 g/mol. The molecule has 2 heterocycles. The number of nitrogens with zero attached hydrogens (tertiary/aromatic N) is 2. The number of aromatic nitrogens is 2. The van der Waals surface area contributed by atoms with Crippen molar-refractivity contribution < 1.29 is 12.9 Å². The van der Waals surface area contributed by atoms with Crippen molar-refractivity contribution in [3.8, 4) is 0 Å². The van der Waals surface area contributed by atoms with Crippen LogP contribution in [-0.2, 0) is 15.6 Å². The quantitative estimate of drug-likeness (QED) is 0.924. The summed E-state index contributed by atoms with van der Waals surface area (Å²) in [6.45, 7) is 5.44. The molecule has 0 spiro atoms. The summed E-state index contributed by atoms with van der Waals surface area (Å²) < 4.78 is 33.6. The highest BCUT2D eigenvalue weighted by atomic mass is 32.2. The zero-order chi connectivity index (χ0) is 16.0. The first-order chi connectivity index (χ1) is 10.3. The Morgan fingerprint density at radius 2 is 1.95 bits per heavy atom. The molecule has 0 saturated heterocycles. The Kier molecular flexibility index (Phi) is 3.86. The fourth-order valence-corrected chi connectivity index (χ4v) is 6.01. The normalized spacial score (nSPS) is 18.0. The highest BCUT2D eigenvalue weighted by molar-refractivity contribution is 7.89. The molecule has 1 N–H and O–H groups in total. The maximum atomic E-state index is 12.8. The van der Waals surface area contributed by atoms with Crippen molar-refractivity contribution in [2.45, 2.75) is 56.9 Å². The first-order valence-electron chi connectivity index (χ1n) is 7.24. The maximum Gasteiger partial charge on any atom is 0.242 e. The first kappa shape index (κ1) is 15.6. The number of rotatable bonds is 4. The van der Waals surface area contributed by atoms with Gasteiger partial charge in [-0.25, -0.2) is 8.42 Å². The number of nitrogens with one attached hydrogen (secondary N) is 1. The number of sulfonamides is 1. The summed E-state index contributed by atoms with van der Waals surface area (Å²) in [6.07, 6.45) is 3.26. The van der Waals surface area contributed by atoms with E-state index in [1.807, 2.05) is 13.8 Å². The minimum Gasteiger partial charge on any atom is -0.340 e. The monoisotopic (exact) mass is 341 g/mol. The van der Waals surface area contributed by atoms with Crippen molar-refractivity contribution in [1.82, 2.24) is 14.9 Å². The van der Waals surface area contributed by atoms with Crippen LogP contribution in [0.5, 0.6) is 0 Å². The second-order valence-corrected chi connectivity index (χ2v) is 8.92. The van der Waals surface area contributed by atoms with Crippen LogP contribution >= 0.6 is 11.3 Å². The minimum atomic E-state index is -3.61. The van der Waals surface area contributed by atoms with Gasteiger partial charge in [-0.2, -0.15) is 9.71 Å². The Morgan fingerprint density at radius 3 is 2.45 bits per heavy atom. The van der Waals surface area contributed by atoms with Gasteiger partial charge in [0.25, 0.3) is 0 Å². The third kappa shape index (κ3) is 2.70. The fourth-order valence-electron chi connectivity index (χ4n) is 3.03. The van der Waals surface area contributed by atoms with Gasteiger partial charge in [0.2, 0.25) is 15.9 Å². The second kappa shape index (κ2) is 5.43. The van der Waals surface area contributed by atoms with E-state index in [9.17, 15) is 8.42 Å². The van der Waals surface area contributed by atoms with E-state index in [1.54, 1.807) is 13.0 Å². The molecule has 22 heavy (non-hydrogen) atoms. The third-order valence-electron chi connectivity index (χ3n) is 4.03. The van der Waals surface area contributed by atoms with Gasteiger partial charge in [0.05, 0.1) is 10.4 Å². The van der Waals surface area contributed by atoms with Crippen molar-refractivity contribution in [3.05, 3.63) is 27.5 Å². The van der Waals surface area contributed by atoms with E-state index in [-0.39, 0.29) is 0 Å². The summed E-state index contributed by atoms with van der Waals surface area (Å²) >= 11 is 1.48. The predicted molar refractivity (Wildman–Crippen MR) is 83.3 cm³/mol. The largest absolute Gasteiger partial charge is 0.340 e. The van der Waals surface area contributed by atoms with Crippen LogP contribution in [0.3, 0.4) is 0 Å². The predicted octanol–water partition coefficient (Wildman–Crippen LogP) is 2.80. The lowest BCUT2D eigenvalue weighted by atomic mass is 9.99. The zero-order valence-electron chi connectivity index (χ0n) is 12.8. The molecule has 0 amide bonds. The van der Waals surface area contributed by atoms with Gasteiger partial charge in [-0.3, -0.25) is 0 Å². The van der Waals surface area contributed by atoms with E-state index in [1.165, 1.54) is 11.3 Å². The Bertz CT molecular complexity index is 786. The standard InChI is InChI=1S/C14H19N3O3S2/c1-9-8-12(10(2)21-9)22(18,19)17-14(6-4-5-7-14)13-15-11(3)20-16-13/h8,17H,4-7H2,1-3H3. The molecule has 0 unspecified atom stereocenters. The Balaban J connectivity index is 1.99. The van der Waals surface area contributed by atoms with Gasteiger partial charge in [-0.05, 0) is 32.8 Å². The van der Waals surface area contributed by atoms with Crippen LogP contribution in [-0.4, -0.2) is 18.6 Å². The van der Waals surface area contributed by atoms with Gasteiger partial charge < -0.3 is 4.52 Å². The zero-order valence-corrected chi connectivity index (χ0v) is 14.5. The molecule has 0 bridgehead atoms. The lowest BCUT2D eigenvalue weighted by Gasteiger charge is -2.26. The molecule has 0 radical (unpaired) electrons. The molecule has 2 aromatic rings. The van der Waals surface area contributed by atoms with Crippen molar-refractivity contribution in [2.75, 3.05) is 0 Å². The van der Waals surface area contributed by atoms with Crippen LogP contribution in [0.1, 0.15) is 47.2 Å². The van der Waals surface area contributed by atoms with Crippen molar-refractivity contribution >= 4 is 21.4 Å². The maximum absolute atomic E-state index is 12.8. The second-order valence-electron chi connectivity index (χ2n) is 5.81. The van der Waals surface area contributed by atoms with E-state index in [2.05, 4.69) is 14.9 Å². The van der Waals surface area contributed by atoms with Gasteiger partial charge in [-0.1, -0.05) is 18.0 Å². The molecule has 0 atom stereocenters. The number of hydrogen-bond donors (Lipinski definition) is 1. The summed E-state index contributed by atoms with van der Waals surface area (Å²) in [4.78, 5) is 6.39. The molecule has 2 aromatic heterocycles. The van der Waals surface area contributed by atoms with E-state index < -0.39 is 15.6 Å². The summed E-state index contributed by atoms with van der Waals surface area (Å²) in [5, 5.41) is 3.96. The van der Waals surface area contributed by atoms with Gasteiger partial charge in [-0.15, -0.1) is 11.3 Å². The fraction of sp³-hybridized carbons (Fsp3) is 0.571. The van der Waals surface area contributed by atoms with E-state index in [4.69, 9.17) is 4.52 Å². The molecular formula is C14H19N3O3S2. The van der Waals surface area contributed by atoms with E-state index in [0.717, 1.165) is 22.6 Å². The van der Waals surface area contributed by atoms with Crippen molar-refractivity contribution in [3.63, 3.8) is 0 Å². The topological polar surface area (TPSA) is 85.1 Å². The van der Waals surface area contributed by atoms with Gasteiger partial charge in [0.1, 0.15) is 0 Å². The summed E-state index contributed by atoms with van der Waals surface area (Å²) in [5.74, 6) is 0.888. The molecule has 1 aliphatic carbocycles. The molecule has 1 aliphatic rings. The molecule has 1 fully saturated rings. The lowest BCUT2D eigenvalue weighted by molar-refractivity contribution is 0.338. The van der Waals surface area contributed by atoms with Crippen LogP contribution < -0.4 is 4.72 Å². The van der Waals surface area contributed by atoms with Crippen LogP contribution in [0.4, 0.5) is 0 Å². The minimum absolute atomic E-state index is 0.349. The molecule has 6 nitrogen and oxygen atoms in total. The van der Waals surface area contributed by atoms with Crippen LogP contribution in [0.25, 0.3) is 0 Å². The van der Waals surface area contributed by atoms with E-state index >= 15 is 0 Å². The average Bonchev–Trinajstić information content (AvgIpc) is 3.11. The highest BCUT2D eigenvalue weighted by Crippen LogP contribution is 2.39. The molecule has 120 valence electrons. The average molecular weight is 341 g/mol. The smallest absolute Gasteiger partial charge is 0.242 e. The van der Waals surface area contributed by atoms with Gasteiger partial charge in [0.15, 0.2) is 5.82 Å². The first-order valence-corrected chi connectivity index (χ1v) is 9.54. The Labute approximate surface area is 134 Å². The van der Waals surface area contributed by atoms with Crippen molar-refractivity contribution in [1.29, 1.82) is 0 Å². The SMILES string of the molecule is Cc1nc(C2(NS(=O)(=O)c3cc(C)sc3C)CCCC2)no1. The molecule has 8 heteroatoms. The Morgan fingerprint density at radius 1 is 1.27 bits per heavy atom. The Hall–Kier alpha value is -1.25. The molecule has 3 rings (SSSR count). The highest BCUT2D eigenvalue weighted by Gasteiger charge is 2.43. The summed E-state index contributed by atoms with van der Waals surface area (Å²) in [7, 11) is -3.61. The van der Waals surface area contributed by atoms with Gasteiger partial charge in [0, 0.05) is 16.7 Å². The molecule has 0 aliphatic heterocycles. The third-order valence-corrected chi connectivity index (χ3v) is 6.79. The van der Waals surface area contributed by atoms with Crippen LogP contribution in [0, 0.1) is 20.8 Å². The molecule has 0 aromatic carbocycles. The number of thiophene rings is 1. The van der Waals surface area contributed by atoms with Crippen LogP contribution in [0.2, 0.25) is 0 Å². The van der Waals surface area contributed by atoms with Crippen molar-refractivity contribution in [2.24, 2.45) is 0 Å². The number of hydrogen-bond acceptors (Lipinski definition) is 6. The van der Waals surface area contributed by atoms with Gasteiger partial charge >= 0.3 is 0 Å². The summed E-state index contributed by atoms with van der Waals surface area (Å²) in [5.41, 5.74) is -0.751. The van der Waals surface area contributed by atoms with Crippen LogP contribution in [0.15, 0.2) is 15.5 Å².